The van der Waals surface area contributed by atoms with Crippen molar-refractivity contribution in [3.8, 4) is 0 Å². The minimum Gasteiger partial charge on any atom is -0.329 e. The Bertz CT molecular complexity index is 192. The number of rotatable bonds is 5. The van der Waals surface area contributed by atoms with Crippen LogP contribution in [0.2, 0.25) is 0 Å². The second-order valence-electron chi connectivity index (χ2n) is 5.50. The van der Waals surface area contributed by atoms with E-state index in [1.807, 2.05) is 0 Å². The van der Waals surface area contributed by atoms with Crippen LogP contribution < -0.4 is 5.73 Å². The number of hydrogen-bond donors (Lipinski definition) is 1. The van der Waals surface area contributed by atoms with E-state index >= 15 is 0 Å². The maximum atomic E-state index is 5.74. The summed E-state index contributed by atoms with van der Waals surface area (Å²) in [7, 11) is 4.42. The van der Waals surface area contributed by atoms with Crippen LogP contribution in [0.5, 0.6) is 0 Å². The Kier molecular flexibility index (Phi) is 5.73. The smallest absolute Gasteiger partial charge is 0.0254 e. The molecule has 2 atom stereocenters. The molecule has 1 saturated carbocycles. The van der Waals surface area contributed by atoms with Crippen molar-refractivity contribution >= 4 is 0 Å². The van der Waals surface area contributed by atoms with Crippen molar-refractivity contribution in [2.24, 2.45) is 5.73 Å². The highest BCUT2D eigenvalue weighted by atomic mass is 15.2. The van der Waals surface area contributed by atoms with E-state index < -0.39 is 0 Å². The fourth-order valence-corrected chi connectivity index (χ4v) is 3.04. The molecular weight excluding hydrogens is 198 g/mol. The van der Waals surface area contributed by atoms with Gasteiger partial charge < -0.3 is 10.6 Å². The molecule has 96 valence electrons. The zero-order valence-electron chi connectivity index (χ0n) is 11.4. The minimum absolute atomic E-state index is 0.606. The predicted molar refractivity (Wildman–Crippen MR) is 70.6 cm³/mol. The molecule has 2 N–H and O–H groups in total. The maximum Gasteiger partial charge on any atom is 0.0254 e. The van der Waals surface area contributed by atoms with Gasteiger partial charge in [-0.1, -0.05) is 12.8 Å². The van der Waals surface area contributed by atoms with Gasteiger partial charge in [0, 0.05) is 31.2 Å². The second-order valence-corrected chi connectivity index (χ2v) is 5.50. The van der Waals surface area contributed by atoms with Gasteiger partial charge in [0.15, 0.2) is 0 Å². The first-order valence-corrected chi connectivity index (χ1v) is 6.70. The van der Waals surface area contributed by atoms with Crippen LogP contribution in [0, 0.1) is 0 Å². The SMILES string of the molecule is CC(C)N(CCN)C1CCCCC1N(C)C. The Balaban J connectivity index is 2.70. The lowest BCUT2D eigenvalue weighted by atomic mass is 9.87. The van der Waals surface area contributed by atoms with Crippen molar-refractivity contribution < 1.29 is 0 Å². The van der Waals surface area contributed by atoms with Gasteiger partial charge in [-0.15, -0.1) is 0 Å². The second kappa shape index (κ2) is 6.58. The van der Waals surface area contributed by atoms with Crippen LogP contribution in [0.4, 0.5) is 0 Å². The molecule has 3 nitrogen and oxygen atoms in total. The molecule has 0 aromatic rings. The normalized spacial score (nSPS) is 27.0. The van der Waals surface area contributed by atoms with Crippen LogP contribution in [-0.4, -0.2) is 55.1 Å². The molecule has 0 aromatic carbocycles. The molecule has 1 fully saturated rings. The zero-order chi connectivity index (χ0) is 12.1. The quantitative estimate of drug-likeness (QED) is 0.773. The molecule has 1 aliphatic rings. The first kappa shape index (κ1) is 13.9. The Hall–Kier alpha value is -0.120. The maximum absolute atomic E-state index is 5.74. The molecule has 0 bridgehead atoms. The summed E-state index contributed by atoms with van der Waals surface area (Å²) in [6.45, 7) is 6.38. The highest BCUT2D eigenvalue weighted by Gasteiger charge is 2.32. The number of likely N-dealkylation sites (N-methyl/N-ethyl adjacent to an activating group) is 1. The Morgan fingerprint density at radius 3 is 2.12 bits per heavy atom. The summed E-state index contributed by atoms with van der Waals surface area (Å²) in [5.74, 6) is 0. The van der Waals surface area contributed by atoms with E-state index in [1.54, 1.807) is 0 Å². The Morgan fingerprint density at radius 1 is 1.12 bits per heavy atom. The predicted octanol–water partition coefficient (Wildman–Crippen LogP) is 1.53. The first-order valence-electron chi connectivity index (χ1n) is 6.70. The van der Waals surface area contributed by atoms with E-state index in [1.165, 1.54) is 25.7 Å². The van der Waals surface area contributed by atoms with Gasteiger partial charge in [-0.2, -0.15) is 0 Å². The summed E-state index contributed by atoms with van der Waals surface area (Å²) in [4.78, 5) is 5.00. The fourth-order valence-electron chi connectivity index (χ4n) is 3.04. The van der Waals surface area contributed by atoms with Crippen molar-refractivity contribution in [3.63, 3.8) is 0 Å². The molecule has 2 unspecified atom stereocenters. The molecule has 0 saturated heterocycles. The Labute approximate surface area is 101 Å². The summed E-state index contributed by atoms with van der Waals surface area (Å²) >= 11 is 0. The highest BCUT2D eigenvalue weighted by molar-refractivity contribution is 4.89. The zero-order valence-corrected chi connectivity index (χ0v) is 11.4. The molecule has 1 aliphatic carbocycles. The topological polar surface area (TPSA) is 32.5 Å². The molecular formula is C13H29N3. The minimum atomic E-state index is 0.606. The van der Waals surface area contributed by atoms with Crippen molar-refractivity contribution in [2.45, 2.75) is 57.7 Å². The van der Waals surface area contributed by atoms with E-state index in [2.05, 4.69) is 37.7 Å². The summed E-state index contributed by atoms with van der Waals surface area (Å²) in [6.07, 6.45) is 5.43. The van der Waals surface area contributed by atoms with Crippen LogP contribution in [0.15, 0.2) is 0 Å². The molecule has 0 heterocycles. The molecule has 0 aromatic heterocycles. The van der Waals surface area contributed by atoms with Gasteiger partial charge in [0.05, 0.1) is 0 Å². The third kappa shape index (κ3) is 3.44. The fraction of sp³-hybridized carbons (Fsp3) is 1.00. The summed E-state index contributed by atoms with van der Waals surface area (Å²) in [5, 5.41) is 0. The lowest BCUT2D eigenvalue weighted by molar-refractivity contribution is 0.0547. The van der Waals surface area contributed by atoms with Gasteiger partial charge in [0.25, 0.3) is 0 Å². The van der Waals surface area contributed by atoms with Crippen molar-refractivity contribution in [1.29, 1.82) is 0 Å². The number of hydrogen-bond acceptors (Lipinski definition) is 3. The molecule has 3 heteroatoms. The largest absolute Gasteiger partial charge is 0.329 e. The summed E-state index contributed by atoms with van der Waals surface area (Å²) < 4.78 is 0. The van der Waals surface area contributed by atoms with E-state index in [0.29, 0.717) is 18.1 Å². The van der Waals surface area contributed by atoms with Crippen molar-refractivity contribution in [1.82, 2.24) is 9.80 Å². The van der Waals surface area contributed by atoms with Gasteiger partial charge in [-0.05, 0) is 40.8 Å². The van der Waals surface area contributed by atoms with Gasteiger partial charge in [-0.3, -0.25) is 4.90 Å². The van der Waals surface area contributed by atoms with Gasteiger partial charge in [0.2, 0.25) is 0 Å². The average molecular weight is 227 g/mol. The average Bonchev–Trinajstić information content (AvgIpc) is 2.25. The van der Waals surface area contributed by atoms with Gasteiger partial charge in [-0.25, -0.2) is 0 Å². The summed E-state index contributed by atoms with van der Waals surface area (Å²) in [5.41, 5.74) is 5.74. The van der Waals surface area contributed by atoms with Gasteiger partial charge in [0.1, 0.15) is 0 Å². The van der Waals surface area contributed by atoms with E-state index in [0.717, 1.165) is 13.1 Å². The third-order valence-corrected chi connectivity index (χ3v) is 3.83. The van der Waals surface area contributed by atoms with Crippen LogP contribution in [-0.2, 0) is 0 Å². The molecule has 0 spiro atoms. The monoisotopic (exact) mass is 227 g/mol. The molecule has 1 rings (SSSR count). The molecule has 0 amide bonds. The third-order valence-electron chi connectivity index (χ3n) is 3.83. The molecule has 0 aliphatic heterocycles. The Morgan fingerprint density at radius 2 is 1.69 bits per heavy atom. The highest BCUT2D eigenvalue weighted by Crippen LogP contribution is 2.27. The summed E-state index contributed by atoms with van der Waals surface area (Å²) in [6, 6.07) is 2.02. The number of nitrogens with two attached hydrogens (primary N) is 1. The van der Waals surface area contributed by atoms with Crippen LogP contribution in [0.25, 0.3) is 0 Å². The van der Waals surface area contributed by atoms with Crippen molar-refractivity contribution in [3.05, 3.63) is 0 Å². The van der Waals surface area contributed by atoms with E-state index in [4.69, 9.17) is 5.73 Å². The van der Waals surface area contributed by atoms with Crippen LogP contribution in [0.3, 0.4) is 0 Å². The lowest BCUT2D eigenvalue weighted by Gasteiger charge is -2.44. The van der Waals surface area contributed by atoms with E-state index in [-0.39, 0.29) is 0 Å². The number of nitrogens with zero attached hydrogens (tertiary/aromatic N) is 2. The lowest BCUT2D eigenvalue weighted by Crippen LogP contribution is -2.54. The standard InChI is InChI=1S/C13H29N3/c1-11(2)16(10-9-14)13-8-6-5-7-12(13)15(3)4/h11-13H,5-10,14H2,1-4H3. The van der Waals surface area contributed by atoms with E-state index in [9.17, 15) is 0 Å². The molecule has 0 radical (unpaired) electrons. The van der Waals surface area contributed by atoms with Crippen LogP contribution >= 0.6 is 0 Å². The first-order chi connectivity index (χ1) is 7.57. The van der Waals surface area contributed by atoms with Gasteiger partial charge >= 0.3 is 0 Å². The molecule has 16 heavy (non-hydrogen) atoms. The van der Waals surface area contributed by atoms with Crippen LogP contribution in [0.1, 0.15) is 39.5 Å². The van der Waals surface area contributed by atoms with Crippen molar-refractivity contribution in [2.75, 3.05) is 27.2 Å².